The average molecular weight is 196 g/mol. The van der Waals surface area contributed by atoms with Gasteiger partial charge in [-0.05, 0) is 26.7 Å². The van der Waals surface area contributed by atoms with E-state index in [0.29, 0.717) is 0 Å². The van der Waals surface area contributed by atoms with E-state index in [1.807, 2.05) is 13.8 Å². The molecule has 0 bridgehead atoms. The summed E-state index contributed by atoms with van der Waals surface area (Å²) in [5, 5.41) is 2.91. The molecule has 2 unspecified atom stereocenters. The molecule has 0 aromatic carbocycles. The molecule has 1 saturated heterocycles. The molecule has 0 radical (unpaired) electrons. The summed E-state index contributed by atoms with van der Waals surface area (Å²) in [4.78, 5) is 24.9. The van der Waals surface area contributed by atoms with Gasteiger partial charge in [0.1, 0.15) is 0 Å². The monoisotopic (exact) mass is 196 g/mol. The molecule has 0 aromatic rings. The maximum absolute atomic E-state index is 11.9. The molecule has 0 spiro atoms. The van der Waals surface area contributed by atoms with Crippen LogP contribution in [0.1, 0.15) is 33.1 Å². The van der Waals surface area contributed by atoms with Gasteiger partial charge in [0.25, 0.3) is 0 Å². The van der Waals surface area contributed by atoms with Gasteiger partial charge in [-0.2, -0.15) is 0 Å². The van der Waals surface area contributed by atoms with Crippen molar-refractivity contribution in [2.75, 3.05) is 0 Å². The molecule has 2 atom stereocenters. The van der Waals surface area contributed by atoms with E-state index in [9.17, 15) is 9.59 Å². The van der Waals surface area contributed by atoms with Crippen LogP contribution in [0.2, 0.25) is 0 Å². The number of fused-ring (bicyclic) bond motifs is 1. The lowest BCUT2D eigenvalue weighted by atomic mass is 9.99. The number of nitrogens with one attached hydrogen (secondary N) is 1. The number of carbonyl (C=O) groups excluding carboxylic acids is 2. The number of rotatable bonds is 1. The van der Waals surface area contributed by atoms with Gasteiger partial charge in [0, 0.05) is 12.1 Å². The Bertz CT molecular complexity index is 275. The molecule has 2 rings (SSSR count). The maximum atomic E-state index is 11.9. The predicted molar refractivity (Wildman–Crippen MR) is 51.6 cm³/mol. The first kappa shape index (κ1) is 9.49. The summed E-state index contributed by atoms with van der Waals surface area (Å²) >= 11 is 0. The van der Waals surface area contributed by atoms with Gasteiger partial charge in [0.05, 0.1) is 5.92 Å². The van der Waals surface area contributed by atoms with Gasteiger partial charge in [0.2, 0.25) is 5.91 Å². The number of amides is 3. The molecule has 1 heterocycles. The van der Waals surface area contributed by atoms with Crippen LogP contribution in [0, 0.1) is 5.92 Å². The Kier molecular flexibility index (Phi) is 2.21. The zero-order chi connectivity index (χ0) is 10.3. The van der Waals surface area contributed by atoms with Gasteiger partial charge < -0.3 is 5.32 Å². The van der Waals surface area contributed by atoms with Crippen molar-refractivity contribution in [3.05, 3.63) is 0 Å². The second-order valence-electron chi connectivity index (χ2n) is 4.40. The lowest BCUT2D eigenvalue weighted by molar-refractivity contribution is -0.136. The number of hydrogen-bond donors (Lipinski definition) is 1. The Hall–Kier alpha value is -1.06. The van der Waals surface area contributed by atoms with E-state index in [1.54, 1.807) is 0 Å². The molecule has 1 aliphatic carbocycles. The molecule has 1 saturated carbocycles. The van der Waals surface area contributed by atoms with Crippen LogP contribution >= 0.6 is 0 Å². The molecule has 4 heteroatoms. The minimum absolute atomic E-state index is 0.0197. The normalized spacial score (nSPS) is 32.1. The Labute approximate surface area is 83.6 Å². The Morgan fingerprint density at radius 3 is 2.71 bits per heavy atom. The standard InChI is InChI=1S/C10H16N2O2/c1-6(2)12-9(13)7-4-3-5-8(7)11-10(12)14/h6-8H,3-5H2,1-2H3,(H,11,14). The van der Waals surface area contributed by atoms with E-state index in [1.165, 1.54) is 4.90 Å². The average Bonchev–Trinajstić information content (AvgIpc) is 2.50. The number of nitrogens with zero attached hydrogens (tertiary/aromatic N) is 1. The van der Waals surface area contributed by atoms with Crippen molar-refractivity contribution in [1.29, 1.82) is 0 Å². The molecule has 14 heavy (non-hydrogen) atoms. The van der Waals surface area contributed by atoms with E-state index in [-0.39, 0.29) is 29.9 Å². The fourth-order valence-corrected chi connectivity index (χ4v) is 2.42. The SMILES string of the molecule is CC(C)N1C(=O)NC2CCCC2C1=O. The molecule has 2 fully saturated rings. The maximum Gasteiger partial charge on any atom is 0.324 e. The largest absolute Gasteiger partial charge is 0.334 e. The molecule has 4 nitrogen and oxygen atoms in total. The van der Waals surface area contributed by atoms with Gasteiger partial charge in [0.15, 0.2) is 0 Å². The van der Waals surface area contributed by atoms with Crippen molar-refractivity contribution < 1.29 is 9.59 Å². The van der Waals surface area contributed by atoms with Crippen molar-refractivity contribution in [2.45, 2.75) is 45.2 Å². The van der Waals surface area contributed by atoms with Crippen LogP contribution in [-0.2, 0) is 4.79 Å². The van der Waals surface area contributed by atoms with Crippen molar-refractivity contribution in [2.24, 2.45) is 5.92 Å². The van der Waals surface area contributed by atoms with Crippen LogP contribution < -0.4 is 5.32 Å². The van der Waals surface area contributed by atoms with Crippen molar-refractivity contribution in [1.82, 2.24) is 10.2 Å². The highest BCUT2D eigenvalue weighted by Gasteiger charge is 2.44. The molecule has 0 aromatic heterocycles. The van der Waals surface area contributed by atoms with Gasteiger partial charge in [-0.3, -0.25) is 9.69 Å². The third-order valence-corrected chi connectivity index (χ3v) is 3.11. The molecule has 1 aliphatic heterocycles. The van der Waals surface area contributed by atoms with E-state index in [0.717, 1.165) is 19.3 Å². The first-order valence-electron chi connectivity index (χ1n) is 5.25. The van der Waals surface area contributed by atoms with Crippen LogP contribution in [0.25, 0.3) is 0 Å². The van der Waals surface area contributed by atoms with Crippen molar-refractivity contribution >= 4 is 11.9 Å². The van der Waals surface area contributed by atoms with Crippen molar-refractivity contribution in [3.8, 4) is 0 Å². The Morgan fingerprint density at radius 2 is 2.07 bits per heavy atom. The summed E-state index contributed by atoms with van der Waals surface area (Å²) in [5.74, 6) is 0.0568. The van der Waals surface area contributed by atoms with Crippen LogP contribution in [0.3, 0.4) is 0 Å². The van der Waals surface area contributed by atoms with Gasteiger partial charge >= 0.3 is 6.03 Å². The summed E-state index contributed by atoms with van der Waals surface area (Å²) in [6, 6.07) is -0.151. The smallest absolute Gasteiger partial charge is 0.324 e. The Balaban J connectivity index is 2.21. The van der Waals surface area contributed by atoms with Crippen LogP contribution in [0.4, 0.5) is 4.79 Å². The summed E-state index contributed by atoms with van der Waals surface area (Å²) in [7, 11) is 0. The second kappa shape index (κ2) is 3.26. The number of hydrogen-bond acceptors (Lipinski definition) is 2. The van der Waals surface area contributed by atoms with E-state index in [4.69, 9.17) is 0 Å². The molecule has 78 valence electrons. The number of carbonyl (C=O) groups is 2. The highest BCUT2D eigenvalue weighted by Crippen LogP contribution is 2.31. The van der Waals surface area contributed by atoms with Gasteiger partial charge in [-0.25, -0.2) is 4.79 Å². The van der Waals surface area contributed by atoms with Crippen LogP contribution in [-0.4, -0.2) is 28.9 Å². The predicted octanol–water partition coefficient (Wildman–Crippen LogP) is 1.12. The molecule has 3 amide bonds. The van der Waals surface area contributed by atoms with E-state index < -0.39 is 0 Å². The molecule has 1 N–H and O–H groups in total. The topological polar surface area (TPSA) is 49.4 Å². The van der Waals surface area contributed by atoms with Crippen LogP contribution in [0.15, 0.2) is 0 Å². The van der Waals surface area contributed by atoms with Gasteiger partial charge in [-0.1, -0.05) is 6.42 Å². The molecular formula is C10H16N2O2. The third-order valence-electron chi connectivity index (χ3n) is 3.11. The van der Waals surface area contributed by atoms with Crippen LogP contribution in [0.5, 0.6) is 0 Å². The minimum Gasteiger partial charge on any atom is -0.334 e. The zero-order valence-corrected chi connectivity index (χ0v) is 8.62. The second-order valence-corrected chi connectivity index (χ2v) is 4.40. The van der Waals surface area contributed by atoms with E-state index in [2.05, 4.69) is 5.32 Å². The fourth-order valence-electron chi connectivity index (χ4n) is 2.42. The first-order chi connectivity index (χ1) is 6.61. The summed E-state index contributed by atoms with van der Waals surface area (Å²) in [5.41, 5.74) is 0. The lowest BCUT2D eigenvalue weighted by Gasteiger charge is -2.36. The fraction of sp³-hybridized carbons (Fsp3) is 0.800. The number of urea groups is 1. The summed E-state index contributed by atoms with van der Waals surface area (Å²) in [6.07, 6.45) is 2.92. The summed E-state index contributed by atoms with van der Waals surface area (Å²) in [6.45, 7) is 3.74. The van der Waals surface area contributed by atoms with Crippen molar-refractivity contribution in [3.63, 3.8) is 0 Å². The quantitative estimate of drug-likeness (QED) is 0.683. The summed E-state index contributed by atoms with van der Waals surface area (Å²) < 4.78 is 0. The minimum atomic E-state index is -0.215. The van der Waals surface area contributed by atoms with E-state index >= 15 is 0 Å². The Morgan fingerprint density at radius 1 is 1.36 bits per heavy atom. The highest BCUT2D eigenvalue weighted by atomic mass is 16.2. The lowest BCUT2D eigenvalue weighted by Crippen LogP contribution is -2.60. The number of imide groups is 1. The zero-order valence-electron chi connectivity index (χ0n) is 8.62. The third kappa shape index (κ3) is 1.29. The molecular weight excluding hydrogens is 180 g/mol. The van der Waals surface area contributed by atoms with Gasteiger partial charge in [-0.15, -0.1) is 0 Å². The molecule has 2 aliphatic rings. The highest BCUT2D eigenvalue weighted by molar-refractivity contribution is 5.99. The first-order valence-corrected chi connectivity index (χ1v) is 5.25.